The average Bonchev–Trinajstić information content (AvgIpc) is 2.94. The van der Waals surface area contributed by atoms with Crippen LogP contribution in [0, 0.1) is 53.3 Å². The molecular formula is C20H34. The third-order valence-corrected chi connectivity index (χ3v) is 8.54. The van der Waals surface area contributed by atoms with E-state index in [2.05, 4.69) is 20.8 Å². The zero-order valence-corrected chi connectivity index (χ0v) is 13.9. The minimum absolute atomic E-state index is 1.02. The zero-order chi connectivity index (χ0) is 13.9. The molecule has 0 N–H and O–H groups in total. The highest BCUT2D eigenvalue weighted by Gasteiger charge is 2.57. The van der Waals surface area contributed by atoms with Crippen LogP contribution in [0.2, 0.25) is 0 Å². The first-order valence-corrected chi connectivity index (χ1v) is 9.70. The van der Waals surface area contributed by atoms with Crippen LogP contribution in [-0.4, -0.2) is 0 Å². The molecule has 4 aliphatic carbocycles. The monoisotopic (exact) mass is 274 g/mol. The largest absolute Gasteiger partial charge is 0.0651 e. The van der Waals surface area contributed by atoms with Crippen molar-refractivity contribution in [2.45, 2.75) is 72.1 Å². The maximum absolute atomic E-state index is 2.64. The van der Waals surface area contributed by atoms with Gasteiger partial charge in [-0.3, -0.25) is 0 Å². The molecule has 0 aliphatic heterocycles. The minimum Gasteiger partial charge on any atom is -0.0651 e. The van der Waals surface area contributed by atoms with Gasteiger partial charge in [-0.25, -0.2) is 0 Å². The van der Waals surface area contributed by atoms with Gasteiger partial charge in [0.2, 0.25) is 0 Å². The molecule has 4 saturated carbocycles. The van der Waals surface area contributed by atoms with Crippen LogP contribution in [0.25, 0.3) is 0 Å². The van der Waals surface area contributed by atoms with Crippen LogP contribution >= 0.6 is 0 Å². The van der Waals surface area contributed by atoms with E-state index in [1.807, 2.05) is 0 Å². The van der Waals surface area contributed by atoms with Crippen molar-refractivity contribution >= 4 is 0 Å². The molecule has 7 unspecified atom stereocenters. The lowest BCUT2D eigenvalue weighted by Crippen LogP contribution is -2.35. The van der Waals surface area contributed by atoms with Crippen molar-refractivity contribution < 1.29 is 0 Å². The Hall–Kier alpha value is 0. The van der Waals surface area contributed by atoms with Crippen molar-refractivity contribution in [1.29, 1.82) is 0 Å². The first kappa shape index (κ1) is 13.6. The van der Waals surface area contributed by atoms with E-state index in [0.717, 1.165) is 53.3 Å². The van der Waals surface area contributed by atoms with Gasteiger partial charge in [-0.05, 0) is 72.5 Å². The Morgan fingerprint density at radius 1 is 0.750 bits per heavy atom. The molecule has 0 bridgehead atoms. The van der Waals surface area contributed by atoms with Crippen LogP contribution in [-0.2, 0) is 0 Å². The number of rotatable bonds is 1. The lowest BCUT2D eigenvalue weighted by Gasteiger charge is -2.44. The molecule has 0 heteroatoms. The molecule has 114 valence electrons. The molecule has 4 aliphatic rings. The topological polar surface area (TPSA) is 0 Å². The quantitative estimate of drug-likeness (QED) is 0.569. The van der Waals surface area contributed by atoms with Gasteiger partial charge in [0, 0.05) is 0 Å². The fraction of sp³-hybridized carbons (Fsp3) is 1.00. The average molecular weight is 274 g/mol. The van der Waals surface area contributed by atoms with Gasteiger partial charge in [0.1, 0.15) is 0 Å². The van der Waals surface area contributed by atoms with Crippen LogP contribution in [0.4, 0.5) is 0 Å². The second-order valence-electron chi connectivity index (χ2n) is 8.97. The molecule has 0 aromatic carbocycles. The molecule has 0 radical (unpaired) electrons. The van der Waals surface area contributed by atoms with Gasteiger partial charge in [-0.15, -0.1) is 0 Å². The summed E-state index contributed by atoms with van der Waals surface area (Å²) in [6.07, 6.45) is 12.5. The lowest BCUT2D eigenvalue weighted by molar-refractivity contribution is 0.0611. The van der Waals surface area contributed by atoms with E-state index < -0.39 is 0 Å². The summed E-state index contributed by atoms with van der Waals surface area (Å²) < 4.78 is 0. The Morgan fingerprint density at radius 3 is 2.05 bits per heavy atom. The smallest absolute Gasteiger partial charge is 0.0326 e. The van der Waals surface area contributed by atoms with E-state index in [4.69, 9.17) is 0 Å². The standard InChI is InChI=1S/C20H34/c1-4-14-9-19-18-11-16-8-6-5-7-15(16)10-17(18)13(3)20(19)12(14)2/h12-20H,4-11H2,1-3H3/t12?,13?,14?,15-,16+,17?,18?,19?,20?/m0/s1. The molecule has 0 saturated heterocycles. The summed E-state index contributed by atoms with van der Waals surface area (Å²) in [5.74, 6) is 9.84. The van der Waals surface area contributed by atoms with Gasteiger partial charge in [0.05, 0.1) is 0 Å². The molecule has 0 aromatic rings. The van der Waals surface area contributed by atoms with Crippen molar-refractivity contribution in [3.63, 3.8) is 0 Å². The molecular weight excluding hydrogens is 240 g/mol. The van der Waals surface area contributed by atoms with Crippen LogP contribution in [0.1, 0.15) is 72.1 Å². The van der Waals surface area contributed by atoms with E-state index >= 15 is 0 Å². The molecule has 4 rings (SSSR count). The SMILES string of the molecule is CCC1CC2C3C[C@H]4CCCC[C@H]4CC3C(C)C2C1C. The summed E-state index contributed by atoms with van der Waals surface area (Å²) in [5.41, 5.74) is 0. The molecule has 9 atom stereocenters. The normalized spacial score (nSPS) is 58.0. The number of fused-ring (bicyclic) bond motifs is 4. The first-order valence-electron chi connectivity index (χ1n) is 9.70. The van der Waals surface area contributed by atoms with Gasteiger partial charge >= 0.3 is 0 Å². The summed E-state index contributed by atoms with van der Waals surface area (Å²) >= 11 is 0. The van der Waals surface area contributed by atoms with E-state index in [9.17, 15) is 0 Å². The molecule has 0 aromatic heterocycles. The molecule has 0 spiro atoms. The highest BCUT2D eigenvalue weighted by molar-refractivity contribution is 5.06. The van der Waals surface area contributed by atoms with E-state index in [1.54, 1.807) is 32.1 Å². The second-order valence-corrected chi connectivity index (χ2v) is 8.97. The summed E-state index contributed by atoms with van der Waals surface area (Å²) in [7, 11) is 0. The Balaban J connectivity index is 1.57. The van der Waals surface area contributed by atoms with Crippen LogP contribution < -0.4 is 0 Å². The summed E-state index contributed by atoms with van der Waals surface area (Å²) in [5, 5.41) is 0. The van der Waals surface area contributed by atoms with E-state index in [1.165, 1.54) is 19.3 Å². The third-order valence-electron chi connectivity index (χ3n) is 8.54. The predicted molar refractivity (Wildman–Crippen MR) is 85.4 cm³/mol. The zero-order valence-electron chi connectivity index (χ0n) is 13.9. The highest BCUT2D eigenvalue weighted by atomic mass is 14.6. The maximum Gasteiger partial charge on any atom is -0.0326 e. The van der Waals surface area contributed by atoms with Crippen molar-refractivity contribution in [2.24, 2.45) is 53.3 Å². The third kappa shape index (κ3) is 1.85. The Morgan fingerprint density at radius 2 is 1.40 bits per heavy atom. The van der Waals surface area contributed by atoms with Crippen LogP contribution in [0.5, 0.6) is 0 Å². The summed E-state index contributed by atoms with van der Waals surface area (Å²) in [4.78, 5) is 0. The molecule has 0 heterocycles. The first-order chi connectivity index (χ1) is 9.70. The lowest BCUT2D eigenvalue weighted by atomic mass is 9.61. The van der Waals surface area contributed by atoms with Crippen molar-refractivity contribution in [1.82, 2.24) is 0 Å². The van der Waals surface area contributed by atoms with Crippen molar-refractivity contribution in [3.8, 4) is 0 Å². The fourth-order valence-corrected chi connectivity index (χ4v) is 7.63. The van der Waals surface area contributed by atoms with Gasteiger partial charge < -0.3 is 0 Å². The molecule has 4 fully saturated rings. The van der Waals surface area contributed by atoms with Crippen molar-refractivity contribution in [2.75, 3.05) is 0 Å². The number of hydrogen-bond acceptors (Lipinski definition) is 0. The van der Waals surface area contributed by atoms with Crippen LogP contribution in [0.15, 0.2) is 0 Å². The highest BCUT2D eigenvalue weighted by Crippen LogP contribution is 2.64. The Bertz CT molecular complexity index is 359. The molecule has 0 nitrogen and oxygen atoms in total. The van der Waals surface area contributed by atoms with E-state index in [-0.39, 0.29) is 0 Å². The Labute approximate surface area is 126 Å². The Kier molecular flexibility index (Phi) is 3.43. The van der Waals surface area contributed by atoms with Crippen LogP contribution in [0.3, 0.4) is 0 Å². The fourth-order valence-electron chi connectivity index (χ4n) is 7.63. The summed E-state index contributed by atoms with van der Waals surface area (Å²) in [6, 6.07) is 0. The van der Waals surface area contributed by atoms with Gasteiger partial charge in [0.25, 0.3) is 0 Å². The van der Waals surface area contributed by atoms with Gasteiger partial charge in [-0.1, -0.05) is 52.9 Å². The van der Waals surface area contributed by atoms with Crippen molar-refractivity contribution in [3.05, 3.63) is 0 Å². The predicted octanol–water partition coefficient (Wildman–Crippen LogP) is 5.77. The summed E-state index contributed by atoms with van der Waals surface area (Å²) in [6.45, 7) is 7.67. The van der Waals surface area contributed by atoms with Gasteiger partial charge in [-0.2, -0.15) is 0 Å². The maximum atomic E-state index is 2.64. The number of hydrogen-bond donors (Lipinski definition) is 0. The molecule has 20 heavy (non-hydrogen) atoms. The molecule has 0 amide bonds. The van der Waals surface area contributed by atoms with E-state index in [0.29, 0.717) is 0 Å². The second kappa shape index (κ2) is 5.03. The van der Waals surface area contributed by atoms with Gasteiger partial charge in [0.15, 0.2) is 0 Å². The minimum atomic E-state index is 1.02.